The number of halogens is 1. The van der Waals surface area contributed by atoms with Gasteiger partial charge in [0.1, 0.15) is 0 Å². The maximum Gasteiger partial charge on any atom is 0.227 e. The van der Waals surface area contributed by atoms with E-state index in [0.717, 1.165) is 38.5 Å². The minimum absolute atomic E-state index is 0.579. The van der Waals surface area contributed by atoms with Gasteiger partial charge >= 0.3 is 0 Å². The number of nitrogens with one attached hydrogen (secondary N) is 1. The standard InChI is InChI=1S/C18H21ClN4O/c19-15-3-1-2-4-16(15)21-18-20-11-14(17(22-18)13-5-6-13)12-23-7-9-24-10-8-23/h1-4,11,13H,5-10,12H2,(H,20,21,22). The van der Waals surface area contributed by atoms with Crippen molar-refractivity contribution in [2.45, 2.75) is 25.3 Å². The molecule has 2 heterocycles. The predicted octanol–water partition coefficient (Wildman–Crippen LogP) is 3.58. The van der Waals surface area contributed by atoms with Crippen molar-refractivity contribution in [3.8, 4) is 0 Å². The molecule has 1 aliphatic heterocycles. The number of ether oxygens (including phenoxy) is 1. The number of morpholine rings is 1. The fourth-order valence-electron chi connectivity index (χ4n) is 3.00. The number of hydrogen-bond acceptors (Lipinski definition) is 5. The summed E-state index contributed by atoms with van der Waals surface area (Å²) in [6.07, 6.45) is 4.41. The zero-order valence-electron chi connectivity index (χ0n) is 13.5. The van der Waals surface area contributed by atoms with Gasteiger partial charge in [-0.2, -0.15) is 0 Å². The fourth-order valence-corrected chi connectivity index (χ4v) is 3.18. The molecule has 1 N–H and O–H groups in total. The van der Waals surface area contributed by atoms with Crippen molar-refractivity contribution in [3.63, 3.8) is 0 Å². The van der Waals surface area contributed by atoms with Gasteiger partial charge in [-0.25, -0.2) is 9.97 Å². The highest BCUT2D eigenvalue weighted by Gasteiger charge is 2.29. The SMILES string of the molecule is Clc1ccccc1Nc1ncc(CN2CCOCC2)c(C2CC2)n1. The number of para-hydroxylation sites is 1. The van der Waals surface area contributed by atoms with Crippen LogP contribution < -0.4 is 5.32 Å². The van der Waals surface area contributed by atoms with Gasteiger partial charge < -0.3 is 10.1 Å². The lowest BCUT2D eigenvalue weighted by Gasteiger charge is -2.27. The molecule has 4 rings (SSSR count). The molecule has 24 heavy (non-hydrogen) atoms. The maximum atomic E-state index is 6.21. The number of aromatic nitrogens is 2. The molecule has 0 amide bonds. The van der Waals surface area contributed by atoms with Gasteiger partial charge in [0.05, 0.1) is 29.6 Å². The molecule has 0 spiro atoms. The van der Waals surface area contributed by atoms with Gasteiger partial charge in [-0.05, 0) is 25.0 Å². The molecule has 5 nitrogen and oxygen atoms in total. The van der Waals surface area contributed by atoms with Crippen molar-refractivity contribution < 1.29 is 4.74 Å². The maximum absolute atomic E-state index is 6.21. The van der Waals surface area contributed by atoms with Crippen LogP contribution in [0.5, 0.6) is 0 Å². The van der Waals surface area contributed by atoms with Gasteiger partial charge in [0, 0.05) is 37.3 Å². The zero-order valence-corrected chi connectivity index (χ0v) is 14.3. The third-order valence-corrected chi connectivity index (χ3v) is 4.81. The highest BCUT2D eigenvalue weighted by Crippen LogP contribution is 2.41. The van der Waals surface area contributed by atoms with Crippen LogP contribution in [0, 0.1) is 0 Å². The molecule has 1 aromatic heterocycles. The van der Waals surface area contributed by atoms with Gasteiger partial charge in [-0.15, -0.1) is 0 Å². The van der Waals surface area contributed by atoms with Crippen molar-refractivity contribution in [1.82, 2.24) is 14.9 Å². The molecule has 2 aromatic rings. The highest BCUT2D eigenvalue weighted by atomic mass is 35.5. The number of benzene rings is 1. The lowest BCUT2D eigenvalue weighted by Crippen LogP contribution is -2.36. The van der Waals surface area contributed by atoms with E-state index in [2.05, 4.69) is 15.2 Å². The molecule has 1 aromatic carbocycles. The second kappa shape index (κ2) is 7.05. The van der Waals surface area contributed by atoms with Gasteiger partial charge in [-0.3, -0.25) is 4.90 Å². The number of hydrogen-bond donors (Lipinski definition) is 1. The van der Waals surface area contributed by atoms with Crippen LogP contribution in [0.2, 0.25) is 5.02 Å². The predicted molar refractivity (Wildman–Crippen MR) is 94.8 cm³/mol. The van der Waals surface area contributed by atoms with Crippen LogP contribution >= 0.6 is 11.6 Å². The Morgan fingerprint density at radius 3 is 2.75 bits per heavy atom. The summed E-state index contributed by atoms with van der Waals surface area (Å²) in [5, 5.41) is 3.91. The first-order valence-electron chi connectivity index (χ1n) is 8.47. The van der Waals surface area contributed by atoms with E-state index in [1.165, 1.54) is 24.1 Å². The topological polar surface area (TPSA) is 50.3 Å². The summed E-state index contributed by atoms with van der Waals surface area (Å²) in [6, 6.07) is 7.65. The second-order valence-electron chi connectivity index (χ2n) is 6.37. The highest BCUT2D eigenvalue weighted by molar-refractivity contribution is 6.33. The Morgan fingerprint density at radius 1 is 1.21 bits per heavy atom. The van der Waals surface area contributed by atoms with E-state index >= 15 is 0 Å². The second-order valence-corrected chi connectivity index (χ2v) is 6.78. The van der Waals surface area contributed by atoms with Gasteiger partial charge in [0.2, 0.25) is 5.95 Å². The van der Waals surface area contributed by atoms with Crippen LogP contribution in [0.15, 0.2) is 30.5 Å². The summed E-state index contributed by atoms with van der Waals surface area (Å²) >= 11 is 6.21. The van der Waals surface area contributed by atoms with Crippen molar-refractivity contribution >= 4 is 23.2 Å². The molecule has 0 unspecified atom stereocenters. The van der Waals surface area contributed by atoms with E-state index in [4.69, 9.17) is 21.3 Å². The number of rotatable bonds is 5. The largest absolute Gasteiger partial charge is 0.379 e. The number of anilines is 2. The molecule has 6 heteroatoms. The first-order chi connectivity index (χ1) is 11.8. The minimum atomic E-state index is 0.579. The smallest absolute Gasteiger partial charge is 0.227 e. The molecule has 0 radical (unpaired) electrons. The Balaban J connectivity index is 1.54. The van der Waals surface area contributed by atoms with E-state index in [1.54, 1.807) is 0 Å². The molecule has 2 fully saturated rings. The summed E-state index contributed by atoms with van der Waals surface area (Å²) in [5.74, 6) is 1.20. The molecule has 1 aliphatic carbocycles. The van der Waals surface area contributed by atoms with E-state index in [9.17, 15) is 0 Å². The average Bonchev–Trinajstić information content (AvgIpc) is 3.44. The lowest BCUT2D eigenvalue weighted by atomic mass is 10.1. The van der Waals surface area contributed by atoms with Gasteiger partial charge in [0.25, 0.3) is 0 Å². The summed E-state index contributed by atoms with van der Waals surface area (Å²) in [7, 11) is 0. The molecule has 1 saturated heterocycles. The van der Waals surface area contributed by atoms with Crippen LogP contribution in [0.4, 0.5) is 11.6 Å². The van der Waals surface area contributed by atoms with E-state index in [1.807, 2.05) is 30.5 Å². The summed E-state index contributed by atoms with van der Waals surface area (Å²) < 4.78 is 5.43. The Kier molecular flexibility index (Phi) is 4.65. The Labute approximate surface area is 147 Å². The van der Waals surface area contributed by atoms with Crippen molar-refractivity contribution in [2.75, 3.05) is 31.6 Å². The van der Waals surface area contributed by atoms with E-state index in [-0.39, 0.29) is 0 Å². The van der Waals surface area contributed by atoms with Gasteiger partial charge in [-0.1, -0.05) is 23.7 Å². The van der Waals surface area contributed by atoms with Crippen LogP contribution in [0.3, 0.4) is 0 Å². The van der Waals surface area contributed by atoms with Crippen LogP contribution in [-0.4, -0.2) is 41.2 Å². The Morgan fingerprint density at radius 2 is 2.00 bits per heavy atom. The Bertz CT molecular complexity index is 714. The quantitative estimate of drug-likeness (QED) is 0.898. The molecular weight excluding hydrogens is 324 g/mol. The molecule has 0 atom stereocenters. The molecule has 0 bridgehead atoms. The minimum Gasteiger partial charge on any atom is -0.379 e. The normalized spacial score (nSPS) is 18.5. The molecule has 126 valence electrons. The molecule has 2 aliphatic rings. The summed E-state index contributed by atoms with van der Waals surface area (Å²) in [4.78, 5) is 11.7. The summed E-state index contributed by atoms with van der Waals surface area (Å²) in [5.41, 5.74) is 3.26. The lowest BCUT2D eigenvalue weighted by molar-refractivity contribution is 0.0340. The monoisotopic (exact) mass is 344 g/mol. The first kappa shape index (κ1) is 15.8. The number of nitrogens with zero attached hydrogens (tertiary/aromatic N) is 3. The molecule has 1 saturated carbocycles. The van der Waals surface area contributed by atoms with Crippen LogP contribution in [0.25, 0.3) is 0 Å². The van der Waals surface area contributed by atoms with E-state index in [0.29, 0.717) is 16.9 Å². The van der Waals surface area contributed by atoms with Crippen LogP contribution in [0.1, 0.15) is 30.0 Å². The summed E-state index contributed by atoms with van der Waals surface area (Å²) in [6.45, 7) is 4.48. The van der Waals surface area contributed by atoms with Gasteiger partial charge in [0.15, 0.2) is 0 Å². The third-order valence-electron chi connectivity index (χ3n) is 4.48. The van der Waals surface area contributed by atoms with E-state index < -0.39 is 0 Å². The third kappa shape index (κ3) is 3.69. The van der Waals surface area contributed by atoms with Crippen molar-refractivity contribution in [1.29, 1.82) is 0 Å². The van der Waals surface area contributed by atoms with Crippen LogP contribution in [-0.2, 0) is 11.3 Å². The first-order valence-corrected chi connectivity index (χ1v) is 8.85. The average molecular weight is 345 g/mol. The molecular formula is C18H21ClN4O. The Hall–Kier alpha value is -1.69. The van der Waals surface area contributed by atoms with Crippen molar-refractivity contribution in [3.05, 3.63) is 46.7 Å². The fraction of sp³-hybridized carbons (Fsp3) is 0.444. The zero-order chi connectivity index (χ0) is 16.4. The van der Waals surface area contributed by atoms with Crippen molar-refractivity contribution in [2.24, 2.45) is 0 Å².